The van der Waals surface area contributed by atoms with E-state index in [2.05, 4.69) is 23.7 Å². The van der Waals surface area contributed by atoms with Gasteiger partial charge in [-0.05, 0) is 31.5 Å². The third-order valence-electron chi connectivity index (χ3n) is 2.77. The van der Waals surface area contributed by atoms with Crippen LogP contribution in [0, 0.1) is 30.6 Å². The van der Waals surface area contributed by atoms with Crippen molar-refractivity contribution < 1.29 is 23.8 Å². The highest BCUT2D eigenvalue weighted by Crippen LogP contribution is 2.22. The highest BCUT2D eigenvalue weighted by atomic mass is 16.5. The maximum absolute atomic E-state index is 10.7. The summed E-state index contributed by atoms with van der Waals surface area (Å²) in [5, 5.41) is 0. The van der Waals surface area contributed by atoms with E-state index < -0.39 is 0 Å². The smallest absolute Gasteiger partial charge is 0.303 e. The molecule has 5 heteroatoms. The van der Waals surface area contributed by atoms with Gasteiger partial charge in [-0.15, -0.1) is 0 Å². The fraction of sp³-hybridized carbons (Fsp3) is 0.368. The normalized spacial score (nSPS) is 9.00. The Hall–Kier alpha value is -2.92. The highest BCUT2D eigenvalue weighted by molar-refractivity contribution is 5.66. The summed E-state index contributed by atoms with van der Waals surface area (Å²) in [4.78, 5) is 21.5. The van der Waals surface area contributed by atoms with Crippen LogP contribution in [-0.2, 0) is 19.1 Å². The van der Waals surface area contributed by atoms with Gasteiger partial charge in [0.2, 0.25) is 0 Å². The molecular weight excluding hydrogens is 308 g/mol. The molecule has 24 heavy (non-hydrogen) atoms. The third kappa shape index (κ3) is 6.89. The van der Waals surface area contributed by atoms with Gasteiger partial charge in [0.05, 0.1) is 12.2 Å². The average Bonchev–Trinajstić information content (AvgIpc) is 2.50. The van der Waals surface area contributed by atoms with Crippen LogP contribution in [0.4, 0.5) is 0 Å². The number of carbonyl (C=O) groups is 2. The van der Waals surface area contributed by atoms with Crippen LogP contribution in [0.3, 0.4) is 0 Å². The van der Waals surface area contributed by atoms with Crippen LogP contribution in [0.15, 0.2) is 12.1 Å². The summed E-state index contributed by atoms with van der Waals surface area (Å²) in [5.41, 5.74) is 2.35. The van der Waals surface area contributed by atoms with Gasteiger partial charge in [-0.3, -0.25) is 9.59 Å². The lowest BCUT2D eigenvalue weighted by Crippen LogP contribution is -1.99. The Bertz CT molecular complexity index is 726. The van der Waals surface area contributed by atoms with E-state index in [0.29, 0.717) is 17.9 Å². The summed E-state index contributed by atoms with van der Waals surface area (Å²) in [6.45, 7) is 7.02. The Morgan fingerprint density at radius 2 is 1.50 bits per heavy atom. The molecule has 5 nitrogen and oxygen atoms in total. The lowest BCUT2D eigenvalue weighted by Gasteiger charge is -2.09. The topological polar surface area (TPSA) is 61.8 Å². The van der Waals surface area contributed by atoms with Crippen LogP contribution in [0.5, 0.6) is 5.75 Å². The first-order valence-corrected chi connectivity index (χ1v) is 7.46. The van der Waals surface area contributed by atoms with Crippen molar-refractivity contribution in [3.63, 3.8) is 0 Å². The van der Waals surface area contributed by atoms with Crippen LogP contribution >= 0.6 is 0 Å². The Morgan fingerprint density at radius 1 is 0.958 bits per heavy atom. The van der Waals surface area contributed by atoms with Gasteiger partial charge in [0.1, 0.15) is 5.75 Å². The van der Waals surface area contributed by atoms with E-state index in [0.717, 1.165) is 11.1 Å². The van der Waals surface area contributed by atoms with Crippen molar-refractivity contribution in [2.24, 2.45) is 0 Å². The molecule has 0 aliphatic carbocycles. The lowest BCUT2D eigenvalue weighted by molar-refractivity contribution is -0.140. The van der Waals surface area contributed by atoms with Crippen LogP contribution in [0.1, 0.15) is 37.5 Å². The predicted molar refractivity (Wildman–Crippen MR) is 89.4 cm³/mol. The Kier molecular flexibility index (Phi) is 7.94. The molecule has 126 valence electrons. The maximum Gasteiger partial charge on any atom is 0.303 e. The number of carbonyl (C=O) groups excluding carboxylic acids is 2. The van der Waals surface area contributed by atoms with Crippen molar-refractivity contribution in [1.29, 1.82) is 0 Å². The molecule has 0 N–H and O–H groups in total. The van der Waals surface area contributed by atoms with Crippen molar-refractivity contribution in [2.45, 2.75) is 27.7 Å². The first-order valence-electron chi connectivity index (χ1n) is 7.46. The summed E-state index contributed by atoms with van der Waals surface area (Å²) in [6.07, 6.45) is 0. The predicted octanol–water partition coefficient (Wildman–Crippen LogP) is 2.22. The zero-order valence-electron chi connectivity index (χ0n) is 14.3. The number of ether oxygens (including phenoxy) is 3. The monoisotopic (exact) mass is 328 g/mol. The largest absolute Gasteiger partial charge is 0.493 e. The van der Waals surface area contributed by atoms with E-state index in [1.807, 2.05) is 26.0 Å². The van der Waals surface area contributed by atoms with Crippen LogP contribution in [-0.4, -0.2) is 31.8 Å². The van der Waals surface area contributed by atoms with E-state index >= 15 is 0 Å². The van der Waals surface area contributed by atoms with Gasteiger partial charge in [0.25, 0.3) is 0 Å². The van der Waals surface area contributed by atoms with Crippen LogP contribution in [0.25, 0.3) is 0 Å². The van der Waals surface area contributed by atoms with E-state index in [9.17, 15) is 9.59 Å². The molecule has 0 aromatic heterocycles. The molecule has 0 amide bonds. The minimum absolute atomic E-state index is 0.0161. The quantitative estimate of drug-likeness (QED) is 0.626. The van der Waals surface area contributed by atoms with Gasteiger partial charge in [0, 0.05) is 19.4 Å². The fourth-order valence-electron chi connectivity index (χ4n) is 1.73. The molecule has 0 unspecified atom stereocenters. The molecule has 0 heterocycles. The SMILES string of the molecule is CCOc1cc(C)c(C#CCOC(C)=O)cc1C#CCOC(C)=O. The number of rotatable bonds is 4. The summed E-state index contributed by atoms with van der Waals surface area (Å²) < 4.78 is 15.2. The molecule has 0 bridgehead atoms. The molecular formula is C19H20O5. The molecule has 0 saturated carbocycles. The second-order valence-electron chi connectivity index (χ2n) is 4.76. The molecule has 0 saturated heterocycles. The standard InChI is InChI=1S/C19H20O5/c1-5-22-19-12-14(2)17(8-6-10-23-15(3)20)13-18(19)9-7-11-24-16(4)21/h12-13H,5,10-11H2,1-4H3. The molecule has 1 aromatic rings. The number of esters is 2. The summed E-state index contributed by atoms with van der Waals surface area (Å²) in [7, 11) is 0. The van der Waals surface area contributed by atoms with Crippen molar-refractivity contribution in [2.75, 3.05) is 19.8 Å². The number of benzene rings is 1. The first kappa shape index (κ1) is 19.1. The van der Waals surface area contributed by atoms with E-state index in [-0.39, 0.29) is 25.2 Å². The maximum atomic E-state index is 10.7. The molecule has 0 aliphatic rings. The molecule has 0 atom stereocenters. The van der Waals surface area contributed by atoms with Crippen molar-refractivity contribution in [1.82, 2.24) is 0 Å². The van der Waals surface area contributed by atoms with Crippen molar-refractivity contribution in [3.8, 4) is 29.4 Å². The Labute approximate surface area is 142 Å². The molecule has 0 aliphatic heterocycles. The van der Waals surface area contributed by atoms with E-state index in [4.69, 9.17) is 14.2 Å². The second kappa shape index (κ2) is 9.97. The number of hydrogen-bond acceptors (Lipinski definition) is 5. The van der Waals surface area contributed by atoms with Gasteiger partial charge in [0.15, 0.2) is 13.2 Å². The minimum Gasteiger partial charge on any atom is -0.493 e. The van der Waals surface area contributed by atoms with Gasteiger partial charge < -0.3 is 14.2 Å². The fourth-order valence-corrected chi connectivity index (χ4v) is 1.73. The summed E-state index contributed by atoms with van der Waals surface area (Å²) >= 11 is 0. The Balaban J connectivity index is 3.03. The van der Waals surface area contributed by atoms with Gasteiger partial charge in [-0.1, -0.05) is 23.7 Å². The molecule has 0 spiro atoms. The second-order valence-corrected chi connectivity index (χ2v) is 4.76. The minimum atomic E-state index is -0.379. The van der Waals surface area contributed by atoms with Gasteiger partial charge >= 0.3 is 11.9 Å². The average molecular weight is 328 g/mol. The van der Waals surface area contributed by atoms with E-state index in [1.165, 1.54) is 13.8 Å². The van der Waals surface area contributed by atoms with Crippen molar-refractivity contribution in [3.05, 3.63) is 28.8 Å². The number of aryl methyl sites for hydroxylation is 1. The molecule has 0 fully saturated rings. The lowest BCUT2D eigenvalue weighted by atomic mass is 10.0. The Morgan fingerprint density at radius 3 is 2.00 bits per heavy atom. The van der Waals surface area contributed by atoms with Crippen LogP contribution < -0.4 is 4.74 Å². The molecule has 1 rings (SSSR count). The first-order chi connectivity index (χ1) is 11.4. The molecule has 0 radical (unpaired) electrons. The van der Waals surface area contributed by atoms with Gasteiger partial charge in [-0.2, -0.15) is 0 Å². The van der Waals surface area contributed by atoms with Crippen LogP contribution in [0.2, 0.25) is 0 Å². The highest BCUT2D eigenvalue weighted by Gasteiger charge is 2.06. The van der Waals surface area contributed by atoms with E-state index in [1.54, 1.807) is 0 Å². The zero-order chi connectivity index (χ0) is 17.9. The molecule has 1 aromatic carbocycles. The summed E-state index contributed by atoms with van der Waals surface area (Å²) in [6, 6.07) is 3.66. The zero-order valence-corrected chi connectivity index (χ0v) is 14.3. The number of hydrogen-bond donors (Lipinski definition) is 0. The third-order valence-corrected chi connectivity index (χ3v) is 2.77. The van der Waals surface area contributed by atoms with Gasteiger partial charge in [-0.25, -0.2) is 0 Å². The summed E-state index contributed by atoms with van der Waals surface area (Å²) in [5.74, 6) is 11.3. The van der Waals surface area contributed by atoms with Crippen molar-refractivity contribution >= 4 is 11.9 Å².